The molecular weight excluding hydrogens is 382 g/mol. The van der Waals surface area contributed by atoms with E-state index in [2.05, 4.69) is 11.9 Å². The SMILES string of the molecule is C=CC(=O)OCCCCOc1ccc(C(=O)Oc2ccc(NC)cc2)cc1Cl. The zero-order valence-corrected chi connectivity index (χ0v) is 16.3. The van der Waals surface area contributed by atoms with Crippen LogP contribution < -0.4 is 14.8 Å². The first-order chi connectivity index (χ1) is 13.5. The van der Waals surface area contributed by atoms with E-state index in [1.165, 1.54) is 6.07 Å². The van der Waals surface area contributed by atoms with E-state index in [1.807, 2.05) is 19.2 Å². The quantitative estimate of drug-likeness (QED) is 0.273. The Morgan fingerprint density at radius 3 is 2.46 bits per heavy atom. The second-order valence-corrected chi connectivity index (χ2v) is 6.14. The topological polar surface area (TPSA) is 73.9 Å². The zero-order valence-electron chi connectivity index (χ0n) is 15.6. The summed E-state index contributed by atoms with van der Waals surface area (Å²) in [4.78, 5) is 23.2. The third-order valence-corrected chi connectivity index (χ3v) is 4.02. The highest BCUT2D eigenvalue weighted by Crippen LogP contribution is 2.26. The number of nitrogens with one attached hydrogen (secondary N) is 1. The van der Waals surface area contributed by atoms with Crippen molar-refractivity contribution >= 4 is 29.2 Å². The second kappa shape index (κ2) is 11.0. The highest BCUT2D eigenvalue weighted by molar-refractivity contribution is 6.32. The number of carbonyl (C=O) groups is 2. The van der Waals surface area contributed by atoms with Crippen molar-refractivity contribution in [3.8, 4) is 11.5 Å². The normalized spacial score (nSPS) is 10.1. The Morgan fingerprint density at radius 1 is 1.11 bits per heavy atom. The van der Waals surface area contributed by atoms with Gasteiger partial charge in [-0.05, 0) is 55.3 Å². The Labute approximate surface area is 169 Å². The van der Waals surface area contributed by atoms with Crippen molar-refractivity contribution in [1.29, 1.82) is 0 Å². The van der Waals surface area contributed by atoms with Crippen molar-refractivity contribution in [3.63, 3.8) is 0 Å². The van der Waals surface area contributed by atoms with Gasteiger partial charge in [-0.25, -0.2) is 9.59 Å². The van der Waals surface area contributed by atoms with E-state index >= 15 is 0 Å². The largest absolute Gasteiger partial charge is 0.492 e. The molecule has 0 spiro atoms. The van der Waals surface area contributed by atoms with Gasteiger partial charge < -0.3 is 19.5 Å². The van der Waals surface area contributed by atoms with Crippen molar-refractivity contribution < 1.29 is 23.8 Å². The molecule has 2 rings (SSSR count). The summed E-state index contributed by atoms with van der Waals surface area (Å²) in [5.41, 5.74) is 1.24. The monoisotopic (exact) mass is 403 g/mol. The molecule has 2 aromatic carbocycles. The van der Waals surface area contributed by atoms with Crippen LogP contribution in [0.25, 0.3) is 0 Å². The van der Waals surface area contributed by atoms with Crippen LogP contribution in [0.5, 0.6) is 11.5 Å². The van der Waals surface area contributed by atoms with Crippen molar-refractivity contribution in [1.82, 2.24) is 0 Å². The number of unbranched alkanes of at least 4 members (excludes halogenated alkanes) is 1. The summed E-state index contributed by atoms with van der Waals surface area (Å²) < 4.78 is 15.8. The van der Waals surface area contributed by atoms with Crippen LogP contribution in [0.3, 0.4) is 0 Å². The van der Waals surface area contributed by atoms with E-state index < -0.39 is 11.9 Å². The minimum atomic E-state index is -0.505. The lowest BCUT2D eigenvalue weighted by molar-refractivity contribution is -0.137. The number of anilines is 1. The molecule has 0 heterocycles. The van der Waals surface area contributed by atoms with Gasteiger partial charge in [-0.2, -0.15) is 0 Å². The standard InChI is InChI=1S/C21H22ClNO5/c1-3-20(24)27-13-5-4-12-26-19-11-6-15(14-18(19)22)21(25)28-17-9-7-16(23-2)8-10-17/h3,6-11,14,23H,1,4-5,12-13H2,2H3. The molecule has 0 bridgehead atoms. The number of hydrogen-bond donors (Lipinski definition) is 1. The summed E-state index contributed by atoms with van der Waals surface area (Å²) in [7, 11) is 1.81. The van der Waals surface area contributed by atoms with Crippen molar-refractivity contribution in [2.75, 3.05) is 25.6 Å². The Balaban J connectivity index is 1.82. The van der Waals surface area contributed by atoms with Gasteiger partial charge in [0.1, 0.15) is 11.5 Å². The van der Waals surface area contributed by atoms with E-state index in [0.717, 1.165) is 11.8 Å². The summed E-state index contributed by atoms with van der Waals surface area (Å²) in [5.74, 6) is -0.0311. The summed E-state index contributed by atoms with van der Waals surface area (Å²) in [6, 6.07) is 11.8. The van der Waals surface area contributed by atoms with Crippen molar-refractivity contribution in [2.45, 2.75) is 12.8 Å². The maximum absolute atomic E-state index is 12.3. The van der Waals surface area contributed by atoms with Gasteiger partial charge >= 0.3 is 11.9 Å². The lowest BCUT2D eigenvalue weighted by atomic mass is 10.2. The molecule has 0 atom stereocenters. The number of ether oxygens (including phenoxy) is 3. The molecule has 0 aliphatic heterocycles. The van der Waals surface area contributed by atoms with Gasteiger partial charge in [-0.3, -0.25) is 0 Å². The first kappa shape index (κ1) is 21.3. The molecule has 0 radical (unpaired) electrons. The van der Waals surface area contributed by atoms with Gasteiger partial charge in [0.2, 0.25) is 0 Å². The molecule has 148 valence electrons. The summed E-state index contributed by atoms with van der Waals surface area (Å²) in [6.45, 7) is 4.04. The van der Waals surface area contributed by atoms with E-state index in [1.54, 1.807) is 24.3 Å². The third kappa shape index (κ3) is 6.63. The Hall–Kier alpha value is -2.99. The fourth-order valence-corrected chi connectivity index (χ4v) is 2.45. The number of hydrogen-bond acceptors (Lipinski definition) is 6. The first-order valence-electron chi connectivity index (χ1n) is 8.75. The summed E-state index contributed by atoms with van der Waals surface area (Å²) >= 11 is 6.20. The summed E-state index contributed by atoms with van der Waals surface area (Å²) in [6.07, 6.45) is 2.47. The highest BCUT2D eigenvalue weighted by Gasteiger charge is 2.12. The van der Waals surface area contributed by atoms with Gasteiger partial charge in [-0.15, -0.1) is 0 Å². The molecule has 28 heavy (non-hydrogen) atoms. The highest BCUT2D eigenvalue weighted by atomic mass is 35.5. The van der Waals surface area contributed by atoms with Crippen LogP contribution in [0.15, 0.2) is 55.1 Å². The Bertz CT molecular complexity index is 820. The maximum Gasteiger partial charge on any atom is 0.343 e. The minimum Gasteiger partial charge on any atom is -0.492 e. The van der Waals surface area contributed by atoms with Gasteiger partial charge in [0.25, 0.3) is 0 Å². The molecule has 0 unspecified atom stereocenters. The van der Waals surface area contributed by atoms with Crippen LogP contribution in [0, 0.1) is 0 Å². The van der Waals surface area contributed by atoms with Crippen LogP contribution in [-0.4, -0.2) is 32.2 Å². The van der Waals surface area contributed by atoms with Gasteiger partial charge in [0, 0.05) is 18.8 Å². The van der Waals surface area contributed by atoms with Gasteiger partial charge in [-0.1, -0.05) is 18.2 Å². The van der Waals surface area contributed by atoms with E-state index in [0.29, 0.717) is 48.1 Å². The van der Waals surface area contributed by atoms with E-state index in [-0.39, 0.29) is 0 Å². The molecular formula is C21H22ClNO5. The fourth-order valence-electron chi connectivity index (χ4n) is 2.22. The number of halogens is 1. The molecule has 0 saturated carbocycles. The summed E-state index contributed by atoms with van der Waals surface area (Å²) in [5, 5.41) is 3.31. The predicted octanol–water partition coefficient (Wildman–Crippen LogP) is 4.49. The third-order valence-electron chi connectivity index (χ3n) is 3.73. The van der Waals surface area contributed by atoms with Crippen molar-refractivity contribution in [3.05, 3.63) is 65.7 Å². The molecule has 0 fully saturated rings. The van der Waals surface area contributed by atoms with Gasteiger partial charge in [0.15, 0.2) is 0 Å². The number of rotatable bonds is 10. The average molecular weight is 404 g/mol. The smallest absolute Gasteiger partial charge is 0.343 e. The van der Waals surface area contributed by atoms with Crippen LogP contribution in [0.4, 0.5) is 5.69 Å². The molecule has 0 saturated heterocycles. The Kier molecular flexibility index (Phi) is 8.37. The van der Waals surface area contributed by atoms with Crippen LogP contribution in [-0.2, 0) is 9.53 Å². The number of benzene rings is 2. The maximum atomic E-state index is 12.3. The molecule has 2 aromatic rings. The lowest BCUT2D eigenvalue weighted by Gasteiger charge is -2.10. The fraction of sp³-hybridized carbons (Fsp3) is 0.238. The molecule has 1 N–H and O–H groups in total. The molecule has 6 nitrogen and oxygen atoms in total. The molecule has 0 aliphatic rings. The molecule has 0 amide bonds. The number of carbonyl (C=O) groups excluding carboxylic acids is 2. The van der Waals surface area contributed by atoms with Crippen LogP contribution in [0.1, 0.15) is 23.2 Å². The predicted molar refractivity (Wildman–Crippen MR) is 108 cm³/mol. The van der Waals surface area contributed by atoms with Gasteiger partial charge in [0.05, 0.1) is 23.8 Å². The molecule has 0 aliphatic carbocycles. The lowest BCUT2D eigenvalue weighted by Crippen LogP contribution is -2.09. The number of esters is 2. The first-order valence-corrected chi connectivity index (χ1v) is 9.13. The van der Waals surface area contributed by atoms with E-state index in [4.69, 9.17) is 25.8 Å². The molecule has 0 aromatic heterocycles. The van der Waals surface area contributed by atoms with Crippen LogP contribution in [0.2, 0.25) is 5.02 Å². The van der Waals surface area contributed by atoms with Crippen molar-refractivity contribution in [2.24, 2.45) is 0 Å². The van der Waals surface area contributed by atoms with E-state index in [9.17, 15) is 9.59 Å². The zero-order chi connectivity index (χ0) is 20.4. The van der Waals surface area contributed by atoms with Crippen LogP contribution >= 0.6 is 11.6 Å². The second-order valence-electron chi connectivity index (χ2n) is 5.74. The molecule has 7 heteroatoms. The average Bonchev–Trinajstić information content (AvgIpc) is 2.71. The Morgan fingerprint density at radius 2 is 1.82 bits per heavy atom. The minimum absolute atomic E-state index is 0.308.